The molecular formula is C10H19N3O. The monoisotopic (exact) mass is 197 g/mol. The van der Waals surface area contributed by atoms with Crippen molar-refractivity contribution < 1.29 is 4.79 Å². The zero-order chi connectivity index (χ0) is 10.2. The molecule has 14 heavy (non-hydrogen) atoms. The van der Waals surface area contributed by atoms with Gasteiger partial charge in [0.25, 0.3) is 0 Å². The van der Waals surface area contributed by atoms with Crippen LogP contribution in [0.3, 0.4) is 0 Å². The second-order valence-electron chi connectivity index (χ2n) is 4.97. The lowest BCUT2D eigenvalue weighted by Gasteiger charge is -2.56. The van der Waals surface area contributed by atoms with Gasteiger partial charge in [0, 0.05) is 37.6 Å². The van der Waals surface area contributed by atoms with E-state index in [9.17, 15) is 4.79 Å². The molecular weight excluding hydrogens is 178 g/mol. The molecule has 0 aromatic rings. The zero-order valence-electron chi connectivity index (χ0n) is 8.97. The first kappa shape index (κ1) is 9.93. The predicted octanol–water partition coefficient (Wildman–Crippen LogP) is -0.584. The molecule has 0 saturated carbocycles. The summed E-state index contributed by atoms with van der Waals surface area (Å²) in [4.78, 5) is 13.6. The summed E-state index contributed by atoms with van der Waals surface area (Å²) in [5.41, 5.74) is 0.526. The van der Waals surface area contributed by atoms with Crippen LogP contribution >= 0.6 is 0 Å². The number of amides is 1. The van der Waals surface area contributed by atoms with E-state index in [1.54, 1.807) is 0 Å². The van der Waals surface area contributed by atoms with Crippen molar-refractivity contribution in [3.63, 3.8) is 0 Å². The van der Waals surface area contributed by atoms with E-state index in [-0.39, 0.29) is 11.9 Å². The number of hydrogen-bond acceptors (Lipinski definition) is 3. The molecule has 0 bridgehead atoms. The fourth-order valence-electron chi connectivity index (χ4n) is 2.29. The Morgan fingerprint density at radius 3 is 2.57 bits per heavy atom. The summed E-state index contributed by atoms with van der Waals surface area (Å²) in [6.45, 7) is 9.00. The minimum atomic E-state index is 0.155. The summed E-state index contributed by atoms with van der Waals surface area (Å²) >= 11 is 0. The number of rotatable bonds is 3. The summed E-state index contributed by atoms with van der Waals surface area (Å²) in [5, 5.41) is 6.19. The van der Waals surface area contributed by atoms with Crippen molar-refractivity contribution in [3.8, 4) is 0 Å². The van der Waals surface area contributed by atoms with Gasteiger partial charge in [-0.05, 0) is 13.8 Å². The molecule has 2 aliphatic rings. The lowest BCUT2D eigenvalue weighted by atomic mass is 9.74. The second kappa shape index (κ2) is 3.51. The SMILES string of the molecule is CC(C)NC(=O)CN1CC2(CNC2)C1. The number of likely N-dealkylation sites (tertiary alicyclic amines) is 1. The Hall–Kier alpha value is -0.610. The Labute approximate surface area is 85.0 Å². The van der Waals surface area contributed by atoms with Crippen molar-refractivity contribution in [2.75, 3.05) is 32.7 Å². The third kappa shape index (κ3) is 1.91. The van der Waals surface area contributed by atoms with Gasteiger partial charge in [0.15, 0.2) is 0 Å². The molecule has 0 atom stereocenters. The number of hydrogen-bond donors (Lipinski definition) is 2. The van der Waals surface area contributed by atoms with Gasteiger partial charge in [0.1, 0.15) is 0 Å². The average Bonchev–Trinajstić information content (AvgIpc) is 1.89. The fourth-order valence-corrected chi connectivity index (χ4v) is 2.29. The van der Waals surface area contributed by atoms with Crippen LogP contribution in [-0.4, -0.2) is 49.6 Å². The molecule has 2 N–H and O–H groups in total. The van der Waals surface area contributed by atoms with E-state index in [2.05, 4.69) is 15.5 Å². The Morgan fingerprint density at radius 1 is 1.50 bits per heavy atom. The number of carbonyl (C=O) groups is 1. The number of nitrogens with one attached hydrogen (secondary N) is 2. The maximum atomic E-state index is 11.4. The normalized spacial score (nSPS) is 24.5. The largest absolute Gasteiger partial charge is 0.353 e. The van der Waals surface area contributed by atoms with Gasteiger partial charge in [-0.1, -0.05) is 0 Å². The van der Waals surface area contributed by atoms with Gasteiger partial charge in [-0.2, -0.15) is 0 Å². The molecule has 80 valence electrons. The highest BCUT2D eigenvalue weighted by Crippen LogP contribution is 2.33. The van der Waals surface area contributed by atoms with Gasteiger partial charge in [0.2, 0.25) is 5.91 Å². The Kier molecular flexibility index (Phi) is 2.49. The number of nitrogens with zero attached hydrogens (tertiary/aromatic N) is 1. The van der Waals surface area contributed by atoms with E-state index in [1.807, 2.05) is 13.8 Å². The van der Waals surface area contributed by atoms with Crippen LogP contribution in [0.1, 0.15) is 13.8 Å². The van der Waals surface area contributed by atoms with Crippen LogP contribution in [0.4, 0.5) is 0 Å². The van der Waals surface area contributed by atoms with Gasteiger partial charge >= 0.3 is 0 Å². The first-order valence-corrected chi connectivity index (χ1v) is 5.32. The molecule has 0 aliphatic carbocycles. The van der Waals surface area contributed by atoms with E-state index in [4.69, 9.17) is 0 Å². The van der Waals surface area contributed by atoms with Crippen LogP contribution in [-0.2, 0) is 4.79 Å². The Morgan fingerprint density at radius 2 is 2.14 bits per heavy atom. The van der Waals surface area contributed by atoms with Crippen molar-refractivity contribution >= 4 is 5.91 Å². The Balaban J connectivity index is 1.65. The predicted molar refractivity (Wildman–Crippen MR) is 55.0 cm³/mol. The molecule has 2 heterocycles. The number of carbonyl (C=O) groups excluding carboxylic acids is 1. The molecule has 0 aromatic heterocycles. The minimum absolute atomic E-state index is 0.155. The van der Waals surface area contributed by atoms with Crippen LogP contribution in [0.5, 0.6) is 0 Å². The van der Waals surface area contributed by atoms with Gasteiger partial charge in [-0.15, -0.1) is 0 Å². The van der Waals surface area contributed by atoms with Crippen LogP contribution in [0.2, 0.25) is 0 Å². The molecule has 1 spiro atoms. The molecule has 1 amide bonds. The van der Waals surface area contributed by atoms with Crippen LogP contribution in [0.15, 0.2) is 0 Å². The van der Waals surface area contributed by atoms with Crippen LogP contribution in [0, 0.1) is 5.41 Å². The van der Waals surface area contributed by atoms with E-state index >= 15 is 0 Å². The van der Waals surface area contributed by atoms with E-state index in [1.165, 1.54) is 0 Å². The lowest BCUT2D eigenvalue weighted by molar-refractivity contribution is -0.127. The average molecular weight is 197 g/mol. The maximum Gasteiger partial charge on any atom is 0.234 e. The highest BCUT2D eigenvalue weighted by molar-refractivity contribution is 5.78. The van der Waals surface area contributed by atoms with Gasteiger partial charge in [-0.25, -0.2) is 0 Å². The summed E-state index contributed by atoms with van der Waals surface area (Å²) in [6.07, 6.45) is 0. The van der Waals surface area contributed by atoms with Crippen molar-refractivity contribution in [1.82, 2.24) is 15.5 Å². The first-order chi connectivity index (χ1) is 6.60. The van der Waals surface area contributed by atoms with Gasteiger partial charge < -0.3 is 10.6 Å². The smallest absolute Gasteiger partial charge is 0.234 e. The lowest BCUT2D eigenvalue weighted by Crippen LogP contribution is -2.71. The molecule has 0 aromatic carbocycles. The van der Waals surface area contributed by atoms with Crippen LogP contribution < -0.4 is 10.6 Å². The van der Waals surface area contributed by atoms with Crippen molar-refractivity contribution in [2.24, 2.45) is 5.41 Å². The van der Waals surface area contributed by atoms with E-state index in [0.29, 0.717) is 12.0 Å². The Bertz CT molecular complexity index is 228. The summed E-state index contributed by atoms with van der Waals surface area (Å²) in [5.74, 6) is 0.155. The first-order valence-electron chi connectivity index (χ1n) is 5.32. The molecule has 2 rings (SSSR count). The van der Waals surface area contributed by atoms with E-state index < -0.39 is 0 Å². The molecule has 4 heteroatoms. The molecule has 2 saturated heterocycles. The molecule has 2 fully saturated rings. The fraction of sp³-hybridized carbons (Fsp3) is 0.900. The summed E-state index contributed by atoms with van der Waals surface area (Å²) in [6, 6.07) is 0.253. The van der Waals surface area contributed by atoms with Gasteiger partial charge in [0.05, 0.1) is 6.54 Å². The highest BCUT2D eigenvalue weighted by Gasteiger charge is 2.47. The summed E-state index contributed by atoms with van der Waals surface area (Å²) in [7, 11) is 0. The standard InChI is InChI=1S/C10H19N3O/c1-8(2)12-9(14)3-13-6-10(7-13)4-11-5-10/h8,11H,3-7H2,1-2H3,(H,12,14). The highest BCUT2D eigenvalue weighted by atomic mass is 16.2. The second-order valence-corrected chi connectivity index (χ2v) is 4.97. The molecule has 2 aliphatic heterocycles. The van der Waals surface area contributed by atoms with Crippen molar-refractivity contribution in [1.29, 1.82) is 0 Å². The third-order valence-corrected chi connectivity index (χ3v) is 2.93. The molecule has 0 radical (unpaired) electrons. The van der Waals surface area contributed by atoms with E-state index in [0.717, 1.165) is 26.2 Å². The van der Waals surface area contributed by atoms with Crippen molar-refractivity contribution in [3.05, 3.63) is 0 Å². The van der Waals surface area contributed by atoms with Crippen molar-refractivity contribution in [2.45, 2.75) is 19.9 Å². The minimum Gasteiger partial charge on any atom is -0.353 e. The maximum absolute atomic E-state index is 11.4. The molecule has 4 nitrogen and oxygen atoms in total. The third-order valence-electron chi connectivity index (χ3n) is 2.93. The zero-order valence-corrected chi connectivity index (χ0v) is 8.97. The summed E-state index contributed by atoms with van der Waals surface area (Å²) < 4.78 is 0. The topological polar surface area (TPSA) is 44.4 Å². The van der Waals surface area contributed by atoms with Crippen LogP contribution in [0.25, 0.3) is 0 Å². The quantitative estimate of drug-likeness (QED) is 0.636. The molecule has 0 unspecified atom stereocenters. The van der Waals surface area contributed by atoms with Gasteiger partial charge in [-0.3, -0.25) is 9.69 Å².